The van der Waals surface area contributed by atoms with Crippen LogP contribution in [0.2, 0.25) is 13.3 Å². The Bertz CT molecular complexity index is 2180. The number of hydrogen-bond acceptors (Lipinski definition) is 0. The number of aryl methyl sites for hydroxylation is 4. The third-order valence-electron chi connectivity index (χ3n) is 10.2. The summed E-state index contributed by atoms with van der Waals surface area (Å²) in [7, 11) is 0. The third kappa shape index (κ3) is 17.4. The monoisotopic (exact) mass is 1270 g/mol. The molecule has 0 bridgehead atoms. The van der Waals surface area contributed by atoms with Gasteiger partial charge in [-0.25, -0.2) is 0 Å². The molecule has 8 aromatic rings. The van der Waals surface area contributed by atoms with Crippen LogP contribution >= 0.6 is 0 Å². The van der Waals surface area contributed by atoms with Gasteiger partial charge in [-0.15, -0.1) is 0 Å². The Hall–Kier alpha value is -2.66. The first-order chi connectivity index (χ1) is 29.7. The Morgan fingerprint density at radius 1 is 0.393 bits per heavy atom. The summed E-state index contributed by atoms with van der Waals surface area (Å²) in [6, 6.07) is 66.6. The van der Waals surface area contributed by atoms with Crippen molar-refractivity contribution >= 4 is 124 Å². The molecule has 0 atom stereocenters. The molecule has 0 fully saturated rings. The van der Waals surface area contributed by atoms with Gasteiger partial charge in [0, 0.05) is 0 Å². The normalized spacial score (nSPS) is 10.6. The molecule has 61 heavy (non-hydrogen) atoms. The minimum absolute atomic E-state index is 0.155. The number of hydrogen-bond donors (Lipinski definition) is 0. The van der Waals surface area contributed by atoms with Crippen molar-refractivity contribution in [2.24, 2.45) is 0 Å². The molecule has 4 radical (unpaired) electrons. The van der Waals surface area contributed by atoms with Crippen LogP contribution in [0.25, 0.3) is 21.5 Å². The predicted octanol–water partition coefficient (Wildman–Crippen LogP) is 11.3. The first-order valence-corrected chi connectivity index (χ1v) is 35.9. The summed E-state index contributed by atoms with van der Waals surface area (Å²) < 4.78 is 14.1. The van der Waals surface area contributed by atoms with Crippen LogP contribution in [0.3, 0.4) is 0 Å². The number of benzene rings is 8. The van der Waals surface area contributed by atoms with Crippen LogP contribution in [0.4, 0.5) is 0 Å². The second-order valence-corrected chi connectivity index (χ2v) is 35.1. The van der Waals surface area contributed by atoms with Crippen LogP contribution in [-0.4, -0.2) is 80.4 Å². The summed E-state index contributed by atoms with van der Waals surface area (Å²) >= 11 is -1.89. The molecule has 0 spiro atoms. The summed E-state index contributed by atoms with van der Waals surface area (Å²) in [5, 5.41) is 5.59. The Balaban J connectivity index is 0.000000159. The summed E-state index contributed by atoms with van der Waals surface area (Å²) in [6.45, 7) is 15.6. The van der Waals surface area contributed by atoms with E-state index < -0.39 is 43.0 Å². The van der Waals surface area contributed by atoms with E-state index in [1.165, 1.54) is 78.8 Å². The Morgan fingerprint density at radius 3 is 1.08 bits per heavy atom. The van der Waals surface area contributed by atoms with Crippen LogP contribution in [0.15, 0.2) is 182 Å². The van der Waals surface area contributed by atoms with Crippen LogP contribution in [0.1, 0.15) is 62.3 Å². The van der Waals surface area contributed by atoms with Crippen LogP contribution in [0, 0.1) is 27.7 Å². The van der Waals surface area contributed by atoms with Gasteiger partial charge in [0.1, 0.15) is 0 Å². The second kappa shape index (κ2) is 27.5. The maximum absolute atomic E-state index is 2.34. The molecule has 4 heteroatoms. The predicted molar refractivity (Wildman–Crippen MR) is 279 cm³/mol. The Kier molecular flexibility index (Phi) is 22.3. The molecule has 0 amide bonds. The van der Waals surface area contributed by atoms with Gasteiger partial charge in [-0.3, -0.25) is 0 Å². The first kappa shape index (κ1) is 49.4. The van der Waals surface area contributed by atoms with Crippen LogP contribution < -0.4 is 22.3 Å². The van der Waals surface area contributed by atoms with Gasteiger partial charge < -0.3 is 0 Å². The van der Waals surface area contributed by atoms with E-state index in [-0.39, 0.29) is 37.4 Å². The first-order valence-electron chi connectivity index (χ1n) is 22.0. The number of fused-ring (bicyclic) bond motifs is 2. The molecule has 0 unspecified atom stereocenters. The molecule has 8 rings (SSSR count). The van der Waals surface area contributed by atoms with Crippen molar-refractivity contribution in [1.82, 2.24) is 0 Å². The van der Waals surface area contributed by atoms with Gasteiger partial charge in [0.05, 0.1) is 0 Å². The molecule has 0 aliphatic heterocycles. The molecular formula is C57H63AsBiSbSn. The average Bonchev–Trinajstić information content (AvgIpc) is 3.28. The Labute approximate surface area is 404 Å². The summed E-state index contributed by atoms with van der Waals surface area (Å²) in [5.74, 6) is 0. The van der Waals surface area contributed by atoms with E-state index in [0.717, 1.165) is 0 Å². The van der Waals surface area contributed by atoms with Gasteiger partial charge in [-0.05, 0) is 0 Å². The van der Waals surface area contributed by atoms with E-state index in [9.17, 15) is 0 Å². The van der Waals surface area contributed by atoms with Crippen molar-refractivity contribution in [3.05, 3.63) is 204 Å². The van der Waals surface area contributed by atoms with Gasteiger partial charge in [0.2, 0.25) is 0 Å². The molecule has 8 aromatic carbocycles. The quantitative estimate of drug-likeness (QED) is 0.107. The molecule has 0 saturated heterocycles. The van der Waals surface area contributed by atoms with Gasteiger partial charge in [-0.2, -0.15) is 0 Å². The fraction of sp³-hybridized carbons (Fsp3) is 0.228. The maximum atomic E-state index is 2.34. The molecule has 0 heterocycles. The molecule has 0 aliphatic carbocycles. The summed E-state index contributed by atoms with van der Waals surface area (Å²) in [6.07, 6.45) is 4.36. The van der Waals surface area contributed by atoms with E-state index in [1.54, 1.807) is 19.9 Å². The zero-order chi connectivity index (χ0) is 43.2. The number of rotatable bonds is 12. The molecule has 0 aliphatic rings. The fourth-order valence-corrected chi connectivity index (χ4v) is 24.4. The SMILES string of the molecule is CC[CH2][Sn]([CH2]CC)[CH2]CC.Cc1cc[c]([Sb][c]2ccc(C)cc2)cc1.Cc1ccc([As]c2ccc(C)cc2)cc1.c1ccc2[c]([Bi][c]3cccc4ccccc34)cccc2c1. The molecular weight excluding hydrogens is 1210 g/mol. The standard InChI is InChI=1S/C14H14As.2C10H7.2C7H7.3C3H7.Bi.Sb.Sn/c1-11-3-7-13(8-4-11)15-14-9-5-12(2)6-10-14;2*1-2-6-10-8-4-3-7-9(10)5-1;2*1-7-5-3-2-4-6-7;3*1-3-2;;;/h3-10H,1-2H3;2*1-7H;2*3-6H,1H3;3*1,3H2,2H3;;;. The molecule has 0 nitrogen and oxygen atoms in total. The Morgan fingerprint density at radius 2 is 0.721 bits per heavy atom. The molecule has 310 valence electrons. The van der Waals surface area contributed by atoms with E-state index in [4.69, 9.17) is 0 Å². The topological polar surface area (TPSA) is 0 Å². The zero-order valence-corrected chi connectivity index (χ0v) is 48.2. The van der Waals surface area contributed by atoms with Crippen LogP contribution in [-0.2, 0) is 0 Å². The van der Waals surface area contributed by atoms with E-state index in [0.29, 0.717) is 0 Å². The zero-order valence-electron chi connectivity index (χ0n) is 37.4. The van der Waals surface area contributed by atoms with Crippen molar-refractivity contribution in [3.63, 3.8) is 0 Å². The third-order valence-corrected chi connectivity index (χ3v) is 31.0. The van der Waals surface area contributed by atoms with Crippen molar-refractivity contribution in [3.8, 4) is 0 Å². The van der Waals surface area contributed by atoms with Crippen molar-refractivity contribution in [2.45, 2.75) is 81.0 Å². The van der Waals surface area contributed by atoms with Gasteiger partial charge in [0.25, 0.3) is 0 Å². The van der Waals surface area contributed by atoms with Gasteiger partial charge >= 0.3 is 409 Å². The summed E-state index contributed by atoms with van der Waals surface area (Å²) in [4.78, 5) is 0. The van der Waals surface area contributed by atoms with Gasteiger partial charge in [0.15, 0.2) is 0 Å². The van der Waals surface area contributed by atoms with E-state index >= 15 is 0 Å². The minimum atomic E-state index is -0.914. The molecule has 0 N–H and O–H groups in total. The van der Waals surface area contributed by atoms with Crippen molar-refractivity contribution in [1.29, 1.82) is 0 Å². The fourth-order valence-electron chi connectivity index (χ4n) is 6.95. The van der Waals surface area contributed by atoms with Gasteiger partial charge in [-0.1, -0.05) is 0 Å². The molecule has 0 saturated carbocycles. The van der Waals surface area contributed by atoms with Crippen LogP contribution in [0.5, 0.6) is 0 Å². The average molecular weight is 1270 g/mol. The van der Waals surface area contributed by atoms with Crippen molar-refractivity contribution < 1.29 is 0 Å². The second-order valence-electron chi connectivity index (χ2n) is 15.7. The van der Waals surface area contributed by atoms with Crippen molar-refractivity contribution in [2.75, 3.05) is 0 Å². The van der Waals surface area contributed by atoms with E-state index in [1.807, 2.05) is 0 Å². The van der Waals surface area contributed by atoms with E-state index in [2.05, 4.69) is 230 Å². The molecule has 0 aromatic heterocycles. The summed E-state index contributed by atoms with van der Waals surface area (Å²) in [5.41, 5.74) is 5.37.